The Labute approximate surface area is 249 Å². The lowest BCUT2D eigenvalue weighted by Gasteiger charge is -2.32. The summed E-state index contributed by atoms with van der Waals surface area (Å²) in [4.78, 5) is 15.1. The Kier molecular flexibility index (Phi) is 9.82. The molecule has 1 saturated carbocycles. The summed E-state index contributed by atoms with van der Waals surface area (Å²) in [6, 6.07) is 10.8. The van der Waals surface area contributed by atoms with Crippen LogP contribution in [-0.2, 0) is 16.4 Å². The van der Waals surface area contributed by atoms with Crippen molar-refractivity contribution < 1.29 is 31.1 Å². The van der Waals surface area contributed by atoms with Crippen molar-refractivity contribution in [2.45, 2.75) is 55.4 Å². The predicted molar refractivity (Wildman–Crippen MR) is 161 cm³/mol. The van der Waals surface area contributed by atoms with E-state index in [4.69, 9.17) is 4.74 Å². The van der Waals surface area contributed by atoms with Crippen molar-refractivity contribution in [3.8, 4) is 17.6 Å². The molecule has 9 nitrogen and oxygen atoms in total. The molecule has 0 spiro atoms. The van der Waals surface area contributed by atoms with Gasteiger partial charge in [0.05, 0.1) is 41.1 Å². The van der Waals surface area contributed by atoms with E-state index in [-0.39, 0.29) is 34.4 Å². The molecular weight excluding hydrogens is 583 g/mol. The van der Waals surface area contributed by atoms with Gasteiger partial charge in [-0.05, 0) is 76.0 Å². The largest absolute Gasteiger partial charge is 0.495 e. The minimum atomic E-state index is -4.50. The molecule has 0 atom stereocenters. The molecule has 13 heteroatoms. The molecule has 4 rings (SSSR count). The molecule has 3 aromatic rings. The molecule has 2 aromatic carbocycles. The zero-order valence-corrected chi connectivity index (χ0v) is 25.3. The van der Waals surface area contributed by atoms with Gasteiger partial charge < -0.3 is 30.2 Å². The number of benzene rings is 2. The lowest BCUT2D eigenvalue weighted by molar-refractivity contribution is -0.140. The molecule has 0 bridgehead atoms. The van der Waals surface area contributed by atoms with E-state index in [0.717, 1.165) is 36.5 Å². The first-order valence-electron chi connectivity index (χ1n) is 13.8. The van der Waals surface area contributed by atoms with Gasteiger partial charge in [0.15, 0.2) is 9.84 Å². The highest BCUT2D eigenvalue weighted by molar-refractivity contribution is 7.90. The van der Waals surface area contributed by atoms with Crippen LogP contribution in [0.3, 0.4) is 0 Å². The zero-order valence-electron chi connectivity index (χ0n) is 24.5. The first-order chi connectivity index (χ1) is 20.2. The SMILES string of the molecule is COc1cc(S(C)(=O)=O)ccc1NCC#Cc1cc2c(NC(=O)NC3CCC(N(C)C)CC3)cccc2n1CC(F)(F)F. The number of carbonyl (C=O) groups is 1. The molecule has 43 heavy (non-hydrogen) atoms. The third-order valence-corrected chi connectivity index (χ3v) is 8.59. The van der Waals surface area contributed by atoms with Crippen molar-refractivity contribution in [3.63, 3.8) is 0 Å². The van der Waals surface area contributed by atoms with Crippen LogP contribution in [0.15, 0.2) is 47.4 Å². The number of amides is 2. The third-order valence-electron chi connectivity index (χ3n) is 7.48. The van der Waals surface area contributed by atoms with Gasteiger partial charge in [-0.3, -0.25) is 0 Å². The van der Waals surface area contributed by atoms with E-state index in [1.165, 1.54) is 31.4 Å². The molecule has 3 N–H and O–H groups in total. The van der Waals surface area contributed by atoms with Crippen molar-refractivity contribution in [1.82, 2.24) is 14.8 Å². The fourth-order valence-corrected chi connectivity index (χ4v) is 5.89. The molecule has 1 fully saturated rings. The van der Waals surface area contributed by atoms with Crippen LogP contribution in [0, 0.1) is 11.8 Å². The third kappa shape index (κ3) is 8.36. The molecule has 1 heterocycles. The maximum absolute atomic E-state index is 13.6. The smallest absolute Gasteiger partial charge is 0.406 e. The first kappa shape index (κ1) is 32.0. The van der Waals surface area contributed by atoms with E-state index >= 15 is 0 Å². The Morgan fingerprint density at radius 1 is 1.09 bits per heavy atom. The summed E-state index contributed by atoms with van der Waals surface area (Å²) in [5.41, 5.74) is 1.28. The van der Waals surface area contributed by atoms with E-state index < -0.39 is 28.6 Å². The highest BCUT2D eigenvalue weighted by atomic mass is 32.2. The average Bonchev–Trinajstić information content (AvgIpc) is 3.27. The summed E-state index contributed by atoms with van der Waals surface area (Å²) >= 11 is 0. The van der Waals surface area contributed by atoms with E-state index in [0.29, 0.717) is 22.8 Å². The average molecular weight is 620 g/mol. The monoisotopic (exact) mass is 619 g/mol. The number of aromatic nitrogens is 1. The molecular formula is C30H36F3N5O4S. The van der Waals surface area contributed by atoms with Crippen LogP contribution in [0.1, 0.15) is 31.4 Å². The number of anilines is 2. The Morgan fingerprint density at radius 2 is 1.81 bits per heavy atom. The van der Waals surface area contributed by atoms with Crippen LogP contribution in [0.25, 0.3) is 10.9 Å². The van der Waals surface area contributed by atoms with Gasteiger partial charge in [0.1, 0.15) is 12.3 Å². The van der Waals surface area contributed by atoms with Crippen molar-refractivity contribution in [2.75, 3.05) is 44.6 Å². The topological polar surface area (TPSA) is 105 Å². The zero-order chi connectivity index (χ0) is 31.4. The molecule has 2 amide bonds. The first-order valence-corrected chi connectivity index (χ1v) is 15.7. The van der Waals surface area contributed by atoms with E-state index in [9.17, 15) is 26.4 Å². The Hall–Kier alpha value is -3.89. The molecule has 0 radical (unpaired) electrons. The molecule has 1 aromatic heterocycles. The number of rotatable bonds is 8. The number of halogens is 3. The van der Waals surface area contributed by atoms with Crippen LogP contribution >= 0.6 is 0 Å². The van der Waals surface area contributed by atoms with Gasteiger partial charge >= 0.3 is 12.2 Å². The minimum absolute atomic E-state index is 0.0281. The van der Waals surface area contributed by atoms with Crippen molar-refractivity contribution in [3.05, 3.63) is 48.2 Å². The summed E-state index contributed by atoms with van der Waals surface area (Å²) < 4.78 is 70.7. The van der Waals surface area contributed by atoms with Crippen LogP contribution in [0.4, 0.5) is 29.3 Å². The van der Waals surface area contributed by atoms with Crippen molar-refractivity contribution in [2.24, 2.45) is 0 Å². The van der Waals surface area contributed by atoms with Crippen molar-refractivity contribution >= 4 is 38.1 Å². The molecule has 1 aliphatic rings. The lowest BCUT2D eigenvalue weighted by atomic mass is 9.91. The maximum atomic E-state index is 13.6. The van der Waals surface area contributed by atoms with Gasteiger partial charge in [-0.2, -0.15) is 13.2 Å². The van der Waals surface area contributed by atoms with Crippen LogP contribution in [0.5, 0.6) is 5.75 Å². The van der Waals surface area contributed by atoms with E-state index in [1.807, 2.05) is 14.1 Å². The molecule has 0 saturated heterocycles. The Morgan fingerprint density at radius 3 is 2.44 bits per heavy atom. The van der Waals surface area contributed by atoms with Gasteiger partial charge in [-0.25, -0.2) is 13.2 Å². The number of nitrogens with one attached hydrogen (secondary N) is 3. The summed E-state index contributed by atoms with van der Waals surface area (Å²) in [7, 11) is 2.06. The molecule has 232 valence electrons. The molecule has 0 unspecified atom stereocenters. The number of methoxy groups -OCH3 is 1. The number of carbonyl (C=O) groups excluding carboxylic acids is 1. The van der Waals surface area contributed by atoms with Gasteiger partial charge in [0.25, 0.3) is 0 Å². The van der Waals surface area contributed by atoms with Gasteiger partial charge in [0.2, 0.25) is 0 Å². The number of sulfone groups is 1. The standard InChI is InChI=1S/C30H36F3N5O4S/c1-37(2)21-12-10-20(11-13-21)35-29(39)36-25-8-5-9-27-24(25)17-22(38(27)19-30(31,32)33)7-6-16-34-26-15-14-23(43(4,40)41)18-28(26)42-3/h5,8-9,14-15,17-18,20-21,34H,10-13,16,19H2,1-4H3,(H2,35,36,39). The van der Waals surface area contributed by atoms with E-state index in [2.05, 4.69) is 32.7 Å². The molecule has 0 aliphatic heterocycles. The number of alkyl halides is 3. The second kappa shape index (κ2) is 13.2. The number of urea groups is 1. The number of hydrogen-bond acceptors (Lipinski definition) is 6. The Balaban J connectivity index is 1.53. The van der Waals surface area contributed by atoms with Crippen molar-refractivity contribution in [1.29, 1.82) is 0 Å². The number of ether oxygens (including phenoxy) is 1. The van der Waals surface area contributed by atoms with Gasteiger partial charge in [-0.1, -0.05) is 12.0 Å². The fourth-order valence-electron chi connectivity index (χ4n) is 5.25. The highest BCUT2D eigenvalue weighted by Crippen LogP contribution is 2.31. The normalized spacial score (nSPS) is 17.3. The number of nitrogens with zero attached hydrogens (tertiary/aromatic N) is 2. The number of fused-ring (bicyclic) bond motifs is 1. The summed E-state index contributed by atoms with van der Waals surface area (Å²) in [6.07, 6.45) is 0.243. The van der Waals surface area contributed by atoms with E-state index in [1.54, 1.807) is 18.2 Å². The highest BCUT2D eigenvalue weighted by Gasteiger charge is 2.30. The van der Waals surface area contributed by atoms with Crippen LogP contribution in [0.2, 0.25) is 0 Å². The second-order valence-corrected chi connectivity index (χ2v) is 12.8. The quantitative estimate of drug-likeness (QED) is 0.304. The predicted octanol–water partition coefficient (Wildman–Crippen LogP) is 5.07. The van der Waals surface area contributed by atoms with Crippen LogP contribution in [-0.4, -0.2) is 76.2 Å². The fraction of sp³-hybridized carbons (Fsp3) is 0.433. The molecule has 1 aliphatic carbocycles. The second-order valence-electron chi connectivity index (χ2n) is 10.8. The summed E-state index contributed by atoms with van der Waals surface area (Å²) in [6.45, 7) is -1.20. The number of hydrogen-bond donors (Lipinski definition) is 3. The van der Waals surface area contributed by atoms with Crippen LogP contribution < -0.4 is 20.7 Å². The van der Waals surface area contributed by atoms with Gasteiger partial charge in [-0.15, -0.1) is 0 Å². The lowest BCUT2D eigenvalue weighted by Crippen LogP contribution is -2.43. The minimum Gasteiger partial charge on any atom is -0.495 e. The summed E-state index contributed by atoms with van der Waals surface area (Å²) in [5, 5.41) is 9.25. The maximum Gasteiger partial charge on any atom is 0.406 e. The van der Waals surface area contributed by atoms with Gasteiger partial charge in [0, 0.05) is 29.8 Å². The summed E-state index contributed by atoms with van der Waals surface area (Å²) in [5.74, 6) is 5.93. The Bertz CT molecular complexity index is 1630.